The quantitative estimate of drug-likeness (QED) is 0.908. The van der Waals surface area contributed by atoms with Crippen LogP contribution in [0.4, 0.5) is 5.69 Å². The lowest BCUT2D eigenvalue weighted by atomic mass is 10.1. The zero-order valence-electron chi connectivity index (χ0n) is 12.3. The largest absolute Gasteiger partial charge is 0.325 e. The molecule has 0 aliphatic carbocycles. The molecule has 0 bridgehead atoms. The molecule has 0 saturated heterocycles. The number of nitrogens with one attached hydrogen (secondary N) is 1. The van der Waals surface area contributed by atoms with E-state index in [4.69, 9.17) is 0 Å². The van der Waals surface area contributed by atoms with Crippen molar-refractivity contribution in [2.45, 2.75) is 33.7 Å². The monoisotopic (exact) mass is 271 g/mol. The molecule has 106 valence electrons. The maximum absolute atomic E-state index is 12.0. The number of nitrogens with zero attached hydrogens (tertiary/aromatic N) is 2. The van der Waals surface area contributed by atoms with E-state index < -0.39 is 0 Å². The van der Waals surface area contributed by atoms with Crippen LogP contribution in [0.2, 0.25) is 0 Å². The van der Waals surface area contributed by atoms with Crippen LogP contribution in [-0.4, -0.2) is 15.5 Å². The molecule has 20 heavy (non-hydrogen) atoms. The minimum absolute atomic E-state index is 0.0344. The Morgan fingerprint density at radius 3 is 2.65 bits per heavy atom. The van der Waals surface area contributed by atoms with E-state index >= 15 is 0 Å². The number of anilines is 1. The van der Waals surface area contributed by atoms with Gasteiger partial charge in [-0.25, -0.2) is 4.98 Å². The van der Waals surface area contributed by atoms with Gasteiger partial charge in [0.1, 0.15) is 12.4 Å². The predicted octanol–water partition coefficient (Wildman–Crippen LogP) is 3.03. The molecule has 4 heteroatoms. The molecule has 0 atom stereocenters. The van der Waals surface area contributed by atoms with E-state index in [-0.39, 0.29) is 5.91 Å². The highest BCUT2D eigenvalue weighted by Crippen LogP contribution is 2.09. The van der Waals surface area contributed by atoms with Crippen molar-refractivity contribution in [2.75, 3.05) is 5.32 Å². The van der Waals surface area contributed by atoms with Crippen LogP contribution >= 0.6 is 0 Å². The van der Waals surface area contributed by atoms with E-state index in [0.717, 1.165) is 23.6 Å². The fraction of sp³-hybridized carbons (Fsp3) is 0.375. The molecule has 0 radical (unpaired) electrons. The highest BCUT2D eigenvalue weighted by atomic mass is 16.1. The number of para-hydroxylation sites is 1. The van der Waals surface area contributed by atoms with Gasteiger partial charge in [0.15, 0.2) is 0 Å². The van der Waals surface area contributed by atoms with Crippen LogP contribution in [0.3, 0.4) is 0 Å². The number of aryl methyl sites for hydroxylation is 1. The highest BCUT2D eigenvalue weighted by molar-refractivity contribution is 5.90. The SMILES string of the molecule is Cc1nc(CC(C)C)cn1CC(=O)Nc1ccccc1. The molecule has 2 aromatic rings. The van der Waals surface area contributed by atoms with Gasteiger partial charge in [-0.15, -0.1) is 0 Å². The third-order valence-electron chi connectivity index (χ3n) is 3.01. The van der Waals surface area contributed by atoms with Crippen molar-refractivity contribution in [3.8, 4) is 0 Å². The van der Waals surface area contributed by atoms with Crippen molar-refractivity contribution < 1.29 is 4.79 Å². The zero-order valence-corrected chi connectivity index (χ0v) is 12.3. The molecule has 0 unspecified atom stereocenters. The third-order valence-corrected chi connectivity index (χ3v) is 3.01. The number of amides is 1. The zero-order chi connectivity index (χ0) is 14.5. The lowest BCUT2D eigenvalue weighted by molar-refractivity contribution is -0.116. The molecule has 0 spiro atoms. The second-order valence-electron chi connectivity index (χ2n) is 5.42. The van der Waals surface area contributed by atoms with Gasteiger partial charge in [-0.3, -0.25) is 4.79 Å². The van der Waals surface area contributed by atoms with Gasteiger partial charge in [0, 0.05) is 11.9 Å². The first-order chi connectivity index (χ1) is 9.54. The average molecular weight is 271 g/mol. The lowest BCUT2D eigenvalue weighted by Crippen LogP contribution is -2.19. The van der Waals surface area contributed by atoms with Gasteiger partial charge in [0.25, 0.3) is 0 Å². The fourth-order valence-electron chi connectivity index (χ4n) is 2.13. The average Bonchev–Trinajstić information content (AvgIpc) is 2.69. The molecular weight excluding hydrogens is 250 g/mol. The summed E-state index contributed by atoms with van der Waals surface area (Å²) in [5, 5.41) is 2.88. The van der Waals surface area contributed by atoms with Gasteiger partial charge in [0.2, 0.25) is 5.91 Å². The number of aromatic nitrogens is 2. The highest BCUT2D eigenvalue weighted by Gasteiger charge is 2.09. The molecule has 1 amide bonds. The van der Waals surface area contributed by atoms with Crippen molar-refractivity contribution in [1.29, 1.82) is 0 Å². The second-order valence-corrected chi connectivity index (χ2v) is 5.42. The number of rotatable bonds is 5. The Morgan fingerprint density at radius 2 is 2.00 bits per heavy atom. The number of carbonyl (C=O) groups is 1. The van der Waals surface area contributed by atoms with E-state index in [0.29, 0.717) is 12.5 Å². The van der Waals surface area contributed by atoms with Gasteiger partial charge < -0.3 is 9.88 Å². The topological polar surface area (TPSA) is 46.9 Å². The van der Waals surface area contributed by atoms with Crippen LogP contribution < -0.4 is 5.32 Å². The van der Waals surface area contributed by atoms with E-state index in [1.165, 1.54) is 0 Å². The summed E-state index contributed by atoms with van der Waals surface area (Å²) in [5.41, 5.74) is 1.86. The summed E-state index contributed by atoms with van der Waals surface area (Å²) in [5.74, 6) is 1.41. The standard InChI is InChI=1S/C16H21N3O/c1-12(2)9-15-10-19(13(3)17-15)11-16(20)18-14-7-5-4-6-8-14/h4-8,10,12H,9,11H2,1-3H3,(H,18,20). The summed E-state index contributed by atoms with van der Waals surface area (Å²) in [4.78, 5) is 16.5. The van der Waals surface area contributed by atoms with E-state index in [9.17, 15) is 4.79 Å². The molecule has 1 aromatic carbocycles. The Kier molecular flexibility index (Phi) is 4.56. The number of imidazole rings is 1. The number of hydrogen-bond acceptors (Lipinski definition) is 2. The lowest BCUT2D eigenvalue weighted by Gasteiger charge is -2.06. The van der Waals surface area contributed by atoms with Crippen molar-refractivity contribution in [1.82, 2.24) is 9.55 Å². The fourth-order valence-corrected chi connectivity index (χ4v) is 2.13. The van der Waals surface area contributed by atoms with Crippen molar-refractivity contribution >= 4 is 11.6 Å². The molecule has 0 aliphatic heterocycles. The minimum Gasteiger partial charge on any atom is -0.325 e. The second kappa shape index (κ2) is 6.37. The van der Waals surface area contributed by atoms with Gasteiger partial charge in [0.05, 0.1) is 5.69 Å². The van der Waals surface area contributed by atoms with Crippen molar-refractivity contribution in [3.63, 3.8) is 0 Å². The van der Waals surface area contributed by atoms with Crippen molar-refractivity contribution in [3.05, 3.63) is 48.0 Å². The smallest absolute Gasteiger partial charge is 0.244 e. The summed E-state index contributed by atoms with van der Waals surface area (Å²) < 4.78 is 1.90. The number of benzene rings is 1. The van der Waals surface area contributed by atoms with Crippen LogP contribution in [0.5, 0.6) is 0 Å². The van der Waals surface area contributed by atoms with E-state index in [1.54, 1.807) is 0 Å². The van der Waals surface area contributed by atoms with Crippen LogP contribution in [0, 0.1) is 12.8 Å². The molecule has 2 rings (SSSR count). The molecule has 0 aliphatic rings. The van der Waals surface area contributed by atoms with Crippen LogP contribution in [0.15, 0.2) is 36.5 Å². The Labute approximate surface area is 119 Å². The molecule has 1 N–H and O–H groups in total. The van der Waals surface area contributed by atoms with Crippen LogP contribution in [-0.2, 0) is 17.8 Å². The van der Waals surface area contributed by atoms with Crippen LogP contribution in [0.1, 0.15) is 25.4 Å². The third kappa shape index (κ3) is 3.95. The maximum atomic E-state index is 12.0. The molecular formula is C16H21N3O. The van der Waals surface area contributed by atoms with Crippen molar-refractivity contribution in [2.24, 2.45) is 5.92 Å². The number of carbonyl (C=O) groups excluding carboxylic acids is 1. The molecule has 0 fully saturated rings. The van der Waals surface area contributed by atoms with Gasteiger partial charge >= 0.3 is 0 Å². The molecule has 1 heterocycles. The molecule has 1 aromatic heterocycles. The summed E-state index contributed by atoms with van der Waals surface area (Å²) in [6, 6.07) is 9.48. The Morgan fingerprint density at radius 1 is 1.30 bits per heavy atom. The molecule has 4 nitrogen and oxygen atoms in total. The number of hydrogen-bond donors (Lipinski definition) is 1. The summed E-state index contributed by atoms with van der Waals surface area (Å²) in [6.45, 7) is 6.55. The maximum Gasteiger partial charge on any atom is 0.244 e. The first-order valence-electron chi connectivity index (χ1n) is 6.92. The molecule has 0 saturated carbocycles. The van der Waals surface area contributed by atoms with Crippen LogP contribution in [0.25, 0.3) is 0 Å². The van der Waals surface area contributed by atoms with E-state index in [2.05, 4.69) is 24.1 Å². The summed E-state index contributed by atoms with van der Waals surface area (Å²) in [6.07, 6.45) is 2.91. The first-order valence-corrected chi connectivity index (χ1v) is 6.92. The Bertz CT molecular complexity index is 573. The first kappa shape index (κ1) is 14.3. The van der Waals surface area contributed by atoms with Gasteiger partial charge in [-0.05, 0) is 31.4 Å². The Hall–Kier alpha value is -2.10. The minimum atomic E-state index is -0.0344. The van der Waals surface area contributed by atoms with Gasteiger partial charge in [-0.1, -0.05) is 32.0 Å². The Balaban J connectivity index is 1.99. The van der Waals surface area contributed by atoms with Gasteiger partial charge in [-0.2, -0.15) is 0 Å². The normalized spacial score (nSPS) is 10.8. The van der Waals surface area contributed by atoms with E-state index in [1.807, 2.05) is 48.0 Å². The summed E-state index contributed by atoms with van der Waals surface area (Å²) >= 11 is 0. The predicted molar refractivity (Wildman–Crippen MR) is 80.6 cm³/mol. The summed E-state index contributed by atoms with van der Waals surface area (Å²) in [7, 11) is 0.